The van der Waals surface area contributed by atoms with Crippen molar-refractivity contribution >= 4 is 43.5 Å². The third kappa shape index (κ3) is 4.90. The van der Waals surface area contributed by atoms with Gasteiger partial charge in [0.15, 0.2) is 0 Å². The van der Waals surface area contributed by atoms with Crippen LogP contribution in [0.2, 0.25) is 0 Å². The Hall–Kier alpha value is -6.55. The highest BCUT2D eigenvalue weighted by atomic mass is 32.1. The van der Waals surface area contributed by atoms with Crippen LogP contribution in [-0.4, -0.2) is 4.98 Å². The van der Waals surface area contributed by atoms with E-state index in [-0.39, 0.29) is 0 Å². The van der Waals surface area contributed by atoms with E-state index in [1.165, 1.54) is 15.8 Å². The number of aromatic nitrogens is 1. The van der Waals surface area contributed by atoms with Crippen LogP contribution in [-0.2, 0) is 0 Å². The molecule has 0 amide bonds. The van der Waals surface area contributed by atoms with E-state index in [0.717, 1.165) is 83.4 Å². The third-order valence-electron chi connectivity index (χ3n) is 10.0. The zero-order valence-electron chi connectivity index (χ0n) is 28.2. The topological polar surface area (TPSA) is 22.1 Å². The van der Waals surface area contributed by atoms with E-state index in [1.54, 1.807) is 11.3 Å². The first-order valence-electron chi connectivity index (χ1n) is 17.5. The van der Waals surface area contributed by atoms with E-state index in [1.807, 2.05) is 6.20 Å². The minimum atomic E-state index is 0.841. The Balaban J connectivity index is 1.39. The van der Waals surface area contributed by atoms with Crippen molar-refractivity contribution in [2.24, 2.45) is 0 Å². The summed E-state index contributed by atoms with van der Waals surface area (Å²) >= 11 is 1.79. The van der Waals surface area contributed by atoms with Gasteiger partial charge in [-0.15, -0.1) is 11.3 Å². The lowest BCUT2D eigenvalue weighted by molar-refractivity contribution is 0.522. The third-order valence-corrected chi connectivity index (χ3v) is 11.0. The molecule has 0 spiro atoms. The molecule has 0 fully saturated rings. The Morgan fingerprint density at radius 2 is 0.923 bits per heavy atom. The van der Waals surface area contributed by atoms with Gasteiger partial charge in [0.2, 0.25) is 0 Å². The molecule has 52 heavy (non-hydrogen) atoms. The summed E-state index contributed by atoms with van der Waals surface area (Å²) < 4.78 is 8.66. The van der Waals surface area contributed by atoms with Crippen molar-refractivity contribution in [1.29, 1.82) is 0 Å². The molecule has 1 aliphatic rings. The molecule has 7 aromatic carbocycles. The second-order valence-corrected chi connectivity index (χ2v) is 13.9. The highest BCUT2D eigenvalue weighted by Crippen LogP contribution is 2.58. The Morgan fingerprint density at radius 1 is 0.423 bits per heavy atom. The van der Waals surface area contributed by atoms with Gasteiger partial charge in [-0.2, -0.15) is 0 Å². The molecular formula is C49H31NOS. The standard InChI is InChI=1S/C49H31NOS/c1-6-18-32(19-7-1)39-30-50-46(38-29-17-16-28-37(38)39)45-42(34-22-10-3-11-23-34)43(35-24-12-4-13-25-35)49-44-40(31-52-49)41(33-20-8-2-9-21-33)47(51-48(44)45)36-26-14-5-15-27-36/h1-31H. The zero-order valence-corrected chi connectivity index (χ0v) is 29.0. The predicted molar refractivity (Wildman–Crippen MR) is 218 cm³/mol. The molecule has 3 heteroatoms. The average molecular weight is 682 g/mol. The molecule has 244 valence electrons. The normalized spacial score (nSPS) is 12.3. The number of fused-ring (bicyclic) bond motifs is 1. The summed E-state index contributed by atoms with van der Waals surface area (Å²) in [7, 11) is 0. The van der Waals surface area contributed by atoms with Crippen molar-refractivity contribution in [2.45, 2.75) is 0 Å². The highest BCUT2D eigenvalue weighted by Gasteiger charge is 2.34. The van der Waals surface area contributed by atoms with E-state index < -0.39 is 0 Å². The van der Waals surface area contributed by atoms with Crippen LogP contribution in [0.25, 0.3) is 76.8 Å². The number of pyridine rings is 1. The molecule has 0 unspecified atom stereocenters. The summed E-state index contributed by atoms with van der Waals surface area (Å²) in [5.41, 5.74) is 13.1. The number of hydrogen-bond acceptors (Lipinski definition) is 3. The van der Waals surface area contributed by atoms with Crippen LogP contribution in [0.1, 0.15) is 16.7 Å². The Labute approximate surface area is 306 Å². The van der Waals surface area contributed by atoms with Gasteiger partial charge < -0.3 is 4.74 Å². The van der Waals surface area contributed by atoms with Gasteiger partial charge in [-0.3, -0.25) is 4.98 Å². The zero-order chi connectivity index (χ0) is 34.4. The number of hydrogen-bond donors (Lipinski definition) is 0. The fourth-order valence-corrected chi connectivity index (χ4v) is 8.86. The van der Waals surface area contributed by atoms with Crippen LogP contribution in [0.5, 0.6) is 5.75 Å². The molecular weight excluding hydrogens is 651 g/mol. The smallest absolute Gasteiger partial charge is 0.146 e. The van der Waals surface area contributed by atoms with Gasteiger partial charge in [0.1, 0.15) is 11.5 Å². The molecule has 9 aromatic rings. The van der Waals surface area contributed by atoms with Crippen LogP contribution >= 0.6 is 11.3 Å². The van der Waals surface area contributed by atoms with Gasteiger partial charge in [-0.1, -0.05) is 176 Å². The Kier molecular flexibility index (Phi) is 7.37. The summed E-state index contributed by atoms with van der Waals surface area (Å²) in [4.78, 5) is 5.41. The second kappa shape index (κ2) is 12.6. The molecule has 0 saturated heterocycles. The van der Waals surface area contributed by atoms with E-state index in [2.05, 4.69) is 181 Å². The van der Waals surface area contributed by atoms with Crippen LogP contribution in [0.3, 0.4) is 0 Å². The van der Waals surface area contributed by atoms with Crippen molar-refractivity contribution in [3.05, 3.63) is 204 Å². The van der Waals surface area contributed by atoms with Gasteiger partial charge in [0.05, 0.1) is 11.3 Å². The first-order valence-corrected chi connectivity index (χ1v) is 18.4. The average Bonchev–Trinajstić information content (AvgIpc) is 3.67. The molecule has 3 heterocycles. The van der Waals surface area contributed by atoms with Gasteiger partial charge in [0.25, 0.3) is 0 Å². The SMILES string of the molecule is c1ccc(C2=C(c3ccccc3)c3csc4c(-c5ccccc5)c(-c5ccccc5)c(-c5ncc(-c6ccccc6)c6ccccc56)c(c34)O2)cc1. The van der Waals surface area contributed by atoms with Gasteiger partial charge in [0, 0.05) is 60.4 Å². The summed E-state index contributed by atoms with van der Waals surface area (Å²) in [6.07, 6.45) is 2.04. The number of benzene rings is 7. The van der Waals surface area contributed by atoms with E-state index >= 15 is 0 Å². The molecule has 1 aliphatic heterocycles. The van der Waals surface area contributed by atoms with Crippen LogP contribution in [0.15, 0.2) is 188 Å². The van der Waals surface area contributed by atoms with Crippen molar-refractivity contribution < 1.29 is 4.74 Å². The number of rotatable bonds is 6. The maximum atomic E-state index is 7.46. The largest absolute Gasteiger partial charge is 0.455 e. The lowest BCUT2D eigenvalue weighted by Crippen LogP contribution is -2.09. The van der Waals surface area contributed by atoms with Crippen molar-refractivity contribution in [3.8, 4) is 50.4 Å². The van der Waals surface area contributed by atoms with Crippen LogP contribution < -0.4 is 4.74 Å². The Bertz CT molecular complexity index is 2770. The molecule has 0 N–H and O–H groups in total. The van der Waals surface area contributed by atoms with E-state index in [4.69, 9.17) is 9.72 Å². The van der Waals surface area contributed by atoms with Crippen LogP contribution in [0, 0.1) is 0 Å². The van der Waals surface area contributed by atoms with Gasteiger partial charge in [-0.05, 0) is 27.6 Å². The first-order chi connectivity index (χ1) is 25.8. The van der Waals surface area contributed by atoms with Crippen molar-refractivity contribution in [3.63, 3.8) is 0 Å². The summed E-state index contributed by atoms with van der Waals surface area (Å²) in [6.45, 7) is 0. The lowest BCUT2D eigenvalue weighted by atomic mass is 9.83. The summed E-state index contributed by atoms with van der Waals surface area (Å²) in [5.74, 6) is 1.69. The van der Waals surface area contributed by atoms with Gasteiger partial charge >= 0.3 is 0 Å². The fourth-order valence-electron chi connectivity index (χ4n) is 7.73. The predicted octanol–water partition coefficient (Wildman–Crippen LogP) is 13.4. The summed E-state index contributed by atoms with van der Waals surface area (Å²) in [5, 5.41) is 5.68. The van der Waals surface area contributed by atoms with Crippen molar-refractivity contribution in [1.82, 2.24) is 4.98 Å². The number of ether oxygens (including phenoxy) is 1. The first kappa shape index (κ1) is 30.3. The highest BCUT2D eigenvalue weighted by molar-refractivity contribution is 7.18. The minimum absolute atomic E-state index is 0.841. The molecule has 0 radical (unpaired) electrons. The number of thiophene rings is 1. The quantitative estimate of drug-likeness (QED) is 0.174. The maximum Gasteiger partial charge on any atom is 0.146 e. The lowest BCUT2D eigenvalue weighted by Gasteiger charge is -2.28. The molecule has 0 saturated carbocycles. The molecule has 0 aliphatic carbocycles. The van der Waals surface area contributed by atoms with E-state index in [9.17, 15) is 0 Å². The van der Waals surface area contributed by atoms with Gasteiger partial charge in [-0.25, -0.2) is 0 Å². The van der Waals surface area contributed by atoms with Crippen LogP contribution in [0.4, 0.5) is 0 Å². The summed E-state index contributed by atoms with van der Waals surface area (Å²) in [6, 6.07) is 61.9. The minimum Gasteiger partial charge on any atom is -0.455 e. The molecule has 10 rings (SSSR count). The molecule has 0 atom stereocenters. The number of nitrogens with zero attached hydrogens (tertiary/aromatic N) is 1. The molecule has 0 bridgehead atoms. The molecule has 2 aromatic heterocycles. The Morgan fingerprint density at radius 3 is 1.54 bits per heavy atom. The van der Waals surface area contributed by atoms with E-state index in [0.29, 0.717) is 0 Å². The maximum absolute atomic E-state index is 7.46. The second-order valence-electron chi connectivity index (χ2n) is 13.0. The molecule has 2 nitrogen and oxygen atoms in total. The van der Waals surface area contributed by atoms with Crippen molar-refractivity contribution in [2.75, 3.05) is 0 Å². The fraction of sp³-hybridized carbons (Fsp3) is 0. The monoisotopic (exact) mass is 681 g/mol.